The van der Waals surface area contributed by atoms with Crippen molar-refractivity contribution in [2.24, 2.45) is 5.92 Å². The Hall–Kier alpha value is -4.17. The third-order valence-electron chi connectivity index (χ3n) is 7.16. The number of rotatable bonds is 7. The average molecular weight is 501 g/mol. The van der Waals surface area contributed by atoms with E-state index >= 15 is 0 Å². The number of esters is 2. The molecule has 8 heteroatoms. The fourth-order valence-electron chi connectivity index (χ4n) is 5.44. The van der Waals surface area contributed by atoms with Crippen molar-refractivity contribution >= 4 is 29.2 Å². The van der Waals surface area contributed by atoms with Crippen LogP contribution in [0.5, 0.6) is 0 Å². The Bertz CT molecular complexity index is 1280. The first-order chi connectivity index (χ1) is 17.9. The van der Waals surface area contributed by atoms with Crippen molar-refractivity contribution in [3.8, 4) is 0 Å². The van der Waals surface area contributed by atoms with Crippen LogP contribution < -0.4 is 9.96 Å². The second-order valence-corrected chi connectivity index (χ2v) is 9.26. The quantitative estimate of drug-likeness (QED) is 0.275. The molecular formula is C29H28N2O6. The van der Waals surface area contributed by atoms with E-state index in [9.17, 15) is 14.4 Å². The van der Waals surface area contributed by atoms with Gasteiger partial charge in [-0.15, -0.1) is 0 Å². The van der Waals surface area contributed by atoms with Crippen LogP contribution in [0, 0.1) is 12.8 Å². The van der Waals surface area contributed by atoms with Gasteiger partial charge in [-0.3, -0.25) is 24.1 Å². The number of hydrogen-bond acceptors (Lipinski definition) is 7. The van der Waals surface area contributed by atoms with Crippen LogP contribution >= 0.6 is 0 Å². The number of ether oxygens (including phenoxy) is 2. The topological polar surface area (TPSA) is 85.4 Å². The Morgan fingerprint density at radius 2 is 1.43 bits per heavy atom. The molecule has 0 aliphatic carbocycles. The van der Waals surface area contributed by atoms with E-state index in [0.717, 1.165) is 11.1 Å². The standard InChI is InChI=1S/C29H28N2O6/c1-19-14-16-22(17-15-19)31-24-26(32)30(21-12-8-5-9-13-21)29(24,18-23(27(33)35-2)28(34)36-3)25(37-31)20-10-6-4-7-11-20/h4-17,23-25H,18H2,1-3H3/t24-,25+,29+/m1/s1. The lowest BCUT2D eigenvalue weighted by Crippen LogP contribution is -2.78. The van der Waals surface area contributed by atoms with Crippen molar-refractivity contribution in [1.29, 1.82) is 0 Å². The number of amides is 1. The van der Waals surface area contributed by atoms with Crippen molar-refractivity contribution in [3.63, 3.8) is 0 Å². The molecule has 37 heavy (non-hydrogen) atoms. The van der Waals surface area contributed by atoms with E-state index in [1.807, 2.05) is 91.9 Å². The molecule has 0 bridgehead atoms. The number of benzene rings is 3. The van der Waals surface area contributed by atoms with Gasteiger partial charge < -0.3 is 9.47 Å². The Kier molecular flexibility index (Phi) is 6.43. The van der Waals surface area contributed by atoms with Gasteiger partial charge in [0.25, 0.3) is 5.91 Å². The third-order valence-corrected chi connectivity index (χ3v) is 7.16. The monoisotopic (exact) mass is 500 g/mol. The van der Waals surface area contributed by atoms with Gasteiger partial charge in [0.1, 0.15) is 11.6 Å². The predicted octanol–water partition coefficient (Wildman–Crippen LogP) is 3.99. The Morgan fingerprint density at radius 3 is 2.00 bits per heavy atom. The fourth-order valence-corrected chi connectivity index (χ4v) is 5.44. The molecule has 5 rings (SSSR count). The van der Waals surface area contributed by atoms with Crippen LogP contribution in [0.1, 0.15) is 23.7 Å². The average Bonchev–Trinajstić information content (AvgIpc) is 3.22. The van der Waals surface area contributed by atoms with Gasteiger partial charge >= 0.3 is 11.9 Å². The summed E-state index contributed by atoms with van der Waals surface area (Å²) < 4.78 is 9.97. The molecule has 3 aromatic carbocycles. The number of fused-ring (bicyclic) bond motifs is 1. The van der Waals surface area contributed by atoms with Crippen LogP contribution in [-0.4, -0.2) is 43.6 Å². The number of aryl methyl sites for hydroxylation is 1. The van der Waals surface area contributed by atoms with Gasteiger partial charge in [-0.1, -0.05) is 66.2 Å². The van der Waals surface area contributed by atoms with Gasteiger partial charge in [0.05, 0.1) is 19.9 Å². The van der Waals surface area contributed by atoms with E-state index in [-0.39, 0.29) is 12.3 Å². The number of anilines is 2. The van der Waals surface area contributed by atoms with Crippen LogP contribution in [0.25, 0.3) is 0 Å². The van der Waals surface area contributed by atoms with Gasteiger partial charge in [0.15, 0.2) is 12.0 Å². The third kappa shape index (κ3) is 3.94. The summed E-state index contributed by atoms with van der Waals surface area (Å²) in [4.78, 5) is 47.8. The summed E-state index contributed by atoms with van der Waals surface area (Å²) in [7, 11) is 2.46. The number of β-lactam (4-membered cyclic amide) rings is 1. The van der Waals surface area contributed by atoms with Crippen molar-refractivity contribution in [3.05, 3.63) is 96.1 Å². The van der Waals surface area contributed by atoms with E-state index in [1.165, 1.54) is 14.2 Å². The highest BCUT2D eigenvalue weighted by atomic mass is 16.7. The summed E-state index contributed by atoms with van der Waals surface area (Å²) in [6.07, 6.45) is -0.741. The predicted molar refractivity (Wildman–Crippen MR) is 137 cm³/mol. The summed E-state index contributed by atoms with van der Waals surface area (Å²) in [6.45, 7) is 1.98. The normalized spacial score (nSPS) is 22.4. The molecule has 0 N–H and O–H groups in total. The maximum absolute atomic E-state index is 13.9. The van der Waals surface area contributed by atoms with E-state index < -0.39 is 35.5 Å². The number of hydrogen-bond donors (Lipinski definition) is 0. The Labute approximate surface area is 215 Å². The van der Waals surface area contributed by atoms with E-state index in [1.54, 1.807) is 9.96 Å². The zero-order chi connectivity index (χ0) is 26.2. The first-order valence-electron chi connectivity index (χ1n) is 12.0. The van der Waals surface area contributed by atoms with Crippen molar-refractivity contribution < 1.29 is 28.7 Å². The van der Waals surface area contributed by atoms with Gasteiger partial charge in [-0.2, -0.15) is 0 Å². The first kappa shape index (κ1) is 24.5. The van der Waals surface area contributed by atoms with Gasteiger partial charge in [-0.25, -0.2) is 5.06 Å². The maximum atomic E-state index is 13.9. The Balaban J connectivity index is 1.71. The number of nitrogens with zero attached hydrogens (tertiary/aromatic N) is 2. The largest absolute Gasteiger partial charge is 0.468 e. The number of carbonyl (C=O) groups excluding carboxylic acids is 3. The summed E-state index contributed by atoms with van der Waals surface area (Å²) in [5.41, 5.74) is 2.11. The van der Waals surface area contributed by atoms with Crippen molar-refractivity contribution in [2.45, 2.75) is 31.0 Å². The minimum absolute atomic E-state index is 0.0560. The van der Waals surface area contributed by atoms with Gasteiger partial charge in [0, 0.05) is 12.1 Å². The molecule has 2 saturated heterocycles. The van der Waals surface area contributed by atoms with Gasteiger partial charge in [0.2, 0.25) is 0 Å². The van der Waals surface area contributed by atoms with Crippen LogP contribution in [0.15, 0.2) is 84.9 Å². The summed E-state index contributed by atoms with van der Waals surface area (Å²) in [6, 6.07) is 25.6. The highest BCUT2D eigenvalue weighted by Crippen LogP contribution is 2.58. The first-order valence-corrected chi connectivity index (χ1v) is 12.0. The fraction of sp³-hybridized carbons (Fsp3) is 0.276. The summed E-state index contributed by atoms with van der Waals surface area (Å²) in [5, 5.41) is 1.62. The minimum atomic E-state index is -1.26. The smallest absolute Gasteiger partial charge is 0.320 e. The number of carbonyl (C=O) groups is 3. The highest BCUT2D eigenvalue weighted by molar-refractivity contribution is 6.10. The summed E-state index contributed by atoms with van der Waals surface area (Å²) >= 11 is 0. The molecule has 2 aliphatic rings. The Morgan fingerprint density at radius 1 is 0.865 bits per heavy atom. The molecule has 8 nitrogen and oxygen atoms in total. The van der Waals surface area contributed by atoms with Crippen LogP contribution in [0.2, 0.25) is 0 Å². The lowest BCUT2D eigenvalue weighted by Gasteiger charge is -2.56. The van der Waals surface area contributed by atoms with Crippen LogP contribution in [0.3, 0.4) is 0 Å². The van der Waals surface area contributed by atoms with Crippen molar-refractivity contribution in [2.75, 3.05) is 24.2 Å². The molecular weight excluding hydrogens is 472 g/mol. The molecule has 3 aromatic rings. The minimum Gasteiger partial charge on any atom is -0.468 e. The van der Waals surface area contributed by atoms with Crippen molar-refractivity contribution in [1.82, 2.24) is 0 Å². The lowest BCUT2D eigenvalue weighted by atomic mass is 9.67. The SMILES string of the molecule is COC(=O)C(C[C@@]12[C@H](c3ccccc3)ON(c3ccc(C)cc3)[C@@H]1C(=O)N2c1ccccc1)C(=O)OC. The molecule has 0 radical (unpaired) electrons. The molecule has 0 saturated carbocycles. The van der Waals surface area contributed by atoms with Crippen LogP contribution in [0.4, 0.5) is 11.4 Å². The molecule has 1 amide bonds. The molecule has 0 unspecified atom stereocenters. The number of hydroxylamine groups is 1. The highest BCUT2D eigenvalue weighted by Gasteiger charge is 2.73. The molecule has 2 fully saturated rings. The van der Waals surface area contributed by atoms with E-state index in [2.05, 4.69) is 0 Å². The molecule has 2 heterocycles. The molecule has 3 atom stereocenters. The zero-order valence-electron chi connectivity index (χ0n) is 20.9. The second-order valence-electron chi connectivity index (χ2n) is 9.26. The maximum Gasteiger partial charge on any atom is 0.320 e. The summed E-state index contributed by atoms with van der Waals surface area (Å²) in [5.74, 6) is -2.91. The van der Waals surface area contributed by atoms with Gasteiger partial charge in [-0.05, 0) is 36.8 Å². The molecule has 0 spiro atoms. The molecule has 190 valence electrons. The van der Waals surface area contributed by atoms with E-state index in [0.29, 0.717) is 11.4 Å². The zero-order valence-corrected chi connectivity index (χ0v) is 20.9. The molecule has 2 aliphatic heterocycles. The van der Waals surface area contributed by atoms with Crippen LogP contribution in [-0.2, 0) is 28.7 Å². The van der Waals surface area contributed by atoms with E-state index in [4.69, 9.17) is 14.3 Å². The number of methoxy groups -OCH3 is 2. The second kappa shape index (κ2) is 9.71. The lowest BCUT2D eigenvalue weighted by molar-refractivity contribution is -0.161. The molecule has 0 aromatic heterocycles. The number of para-hydroxylation sites is 1.